The fraction of sp³-hybridized carbons (Fsp3) is 0.222. The largest absolute Gasteiger partial charge is 1.00 e. The van der Waals surface area contributed by atoms with Gasteiger partial charge in [-0.3, -0.25) is 4.79 Å². The molecule has 0 amide bonds. The van der Waals surface area contributed by atoms with E-state index in [2.05, 4.69) is 14.8 Å². The zero-order chi connectivity index (χ0) is 17.4. The van der Waals surface area contributed by atoms with Crippen molar-refractivity contribution in [1.82, 2.24) is 14.8 Å². The second kappa shape index (κ2) is 7.86. The van der Waals surface area contributed by atoms with Crippen molar-refractivity contribution in [2.24, 2.45) is 0 Å². The zero-order valence-corrected chi connectivity index (χ0v) is 16.8. The summed E-state index contributed by atoms with van der Waals surface area (Å²) in [4.78, 5) is 12.4. The lowest BCUT2D eigenvalue weighted by Gasteiger charge is -2.03. The quantitative estimate of drug-likeness (QED) is 0.423. The third-order valence-electron chi connectivity index (χ3n) is 4.33. The first-order valence-electron chi connectivity index (χ1n) is 8.01. The highest BCUT2D eigenvalue weighted by Crippen LogP contribution is 2.23. The van der Waals surface area contributed by atoms with Crippen LogP contribution < -0.4 is 21.5 Å². The second-order valence-electron chi connectivity index (χ2n) is 6.01. The average Bonchev–Trinajstić information content (AvgIpc) is 3.21. The van der Waals surface area contributed by atoms with Crippen LogP contribution in [0.25, 0.3) is 11.4 Å². The lowest BCUT2D eigenvalue weighted by molar-refractivity contribution is -0.683. The number of hydrogen-bond donors (Lipinski definition) is 0. The SMILES string of the molecule is O=C(C[n+]1ccc(-c2nnc3n2CCC3)cc1)c1ccc(Cl)c(Cl)c1.[Br-]. The molecule has 0 bridgehead atoms. The van der Waals surface area contributed by atoms with Gasteiger partial charge in [0.2, 0.25) is 12.3 Å². The summed E-state index contributed by atoms with van der Waals surface area (Å²) >= 11 is 11.9. The molecule has 4 rings (SSSR count). The number of nitrogens with zero attached hydrogens (tertiary/aromatic N) is 4. The number of hydrogen-bond acceptors (Lipinski definition) is 3. The molecule has 26 heavy (non-hydrogen) atoms. The number of fused-ring (bicyclic) bond motifs is 1. The Balaban J connectivity index is 0.00000196. The van der Waals surface area contributed by atoms with Gasteiger partial charge >= 0.3 is 0 Å². The summed E-state index contributed by atoms with van der Waals surface area (Å²) < 4.78 is 3.98. The minimum atomic E-state index is -0.0281. The number of rotatable bonds is 4. The zero-order valence-electron chi connectivity index (χ0n) is 13.7. The summed E-state index contributed by atoms with van der Waals surface area (Å²) in [7, 11) is 0. The van der Waals surface area contributed by atoms with Gasteiger partial charge < -0.3 is 21.5 Å². The predicted molar refractivity (Wildman–Crippen MR) is 94.8 cm³/mol. The van der Waals surface area contributed by atoms with Crippen molar-refractivity contribution >= 4 is 29.0 Å². The van der Waals surface area contributed by atoms with Gasteiger partial charge in [-0.15, -0.1) is 10.2 Å². The summed E-state index contributed by atoms with van der Waals surface area (Å²) in [6.45, 7) is 1.19. The van der Waals surface area contributed by atoms with E-state index in [1.807, 2.05) is 29.1 Å². The smallest absolute Gasteiger partial charge is 0.227 e. The van der Waals surface area contributed by atoms with Crippen molar-refractivity contribution in [2.75, 3.05) is 0 Å². The van der Waals surface area contributed by atoms with E-state index in [9.17, 15) is 4.79 Å². The molecule has 134 valence electrons. The third kappa shape index (κ3) is 3.68. The molecule has 0 atom stereocenters. The maximum Gasteiger partial charge on any atom is 0.227 e. The van der Waals surface area contributed by atoms with Crippen LogP contribution in [0.5, 0.6) is 0 Å². The number of aryl methyl sites for hydroxylation is 1. The van der Waals surface area contributed by atoms with Crippen molar-refractivity contribution < 1.29 is 26.3 Å². The van der Waals surface area contributed by atoms with Gasteiger partial charge in [-0.2, -0.15) is 4.57 Å². The van der Waals surface area contributed by atoms with Gasteiger partial charge in [0.15, 0.2) is 18.2 Å². The highest BCUT2D eigenvalue weighted by molar-refractivity contribution is 6.42. The lowest BCUT2D eigenvalue weighted by atomic mass is 10.1. The summed E-state index contributed by atoms with van der Waals surface area (Å²) in [6.07, 6.45) is 5.85. The molecule has 0 radical (unpaired) electrons. The number of ketones is 1. The van der Waals surface area contributed by atoms with Crippen molar-refractivity contribution in [1.29, 1.82) is 0 Å². The van der Waals surface area contributed by atoms with E-state index in [-0.39, 0.29) is 29.3 Å². The predicted octanol–water partition coefficient (Wildman–Crippen LogP) is 0.372. The molecule has 1 aromatic carbocycles. The van der Waals surface area contributed by atoms with E-state index >= 15 is 0 Å². The van der Waals surface area contributed by atoms with Crippen LogP contribution in [-0.2, 0) is 19.5 Å². The molecule has 0 unspecified atom stereocenters. The lowest BCUT2D eigenvalue weighted by Crippen LogP contribution is -3.00. The molecule has 0 N–H and O–H groups in total. The summed E-state index contributed by atoms with van der Waals surface area (Å²) in [5, 5.41) is 9.33. The first-order chi connectivity index (χ1) is 12.1. The van der Waals surface area contributed by atoms with Crippen LogP contribution in [0, 0.1) is 0 Å². The van der Waals surface area contributed by atoms with E-state index < -0.39 is 0 Å². The molecular formula is C18H15BrCl2N4O. The first-order valence-corrected chi connectivity index (χ1v) is 8.77. The van der Waals surface area contributed by atoms with Gasteiger partial charge in [0.25, 0.3) is 0 Å². The van der Waals surface area contributed by atoms with E-state index in [1.54, 1.807) is 18.2 Å². The van der Waals surface area contributed by atoms with E-state index in [0.717, 1.165) is 36.6 Å². The van der Waals surface area contributed by atoms with Gasteiger partial charge in [0, 0.05) is 36.2 Å². The molecule has 1 aliphatic rings. The minimum absolute atomic E-state index is 0. The topological polar surface area (TPSA) is 51.7 Å². The fourth-order valence-electron chi connectivity index (χ4n) is 3.00. The van der Waals surface area contributed by atoms with Gasteiger partial charge in [-0.1, -0.05) is 23.2 Å². The van der Waals surface area contributed by atoms with Crippen LogP contribution in [0.2, 0.25) is 10.0 Å². The Hall–Kier alpha value is -1.76. The van der Waals surface area contributed by atoms with Crippen LogP contribution in [0.4, 0.5) is 0 Å². The monoisotopic (exact) mass is 452 g/mol. The molecule has 0 saturated carbocycles. The van der Waals surface area contributed by atoms with E-state index in [0.29, 0.717) is 15.6 Å². The number of carbonyl (C=O) groups excluding carboxylic acids is 1. The Morgan fingerprint density at radius 2 is 1.88 bits per heavy atom. The van der Waals surface area contributed by atoms with Gasteiger partial charge in [-0.25, -0.2) is 0 Å². The molecule has 5 nitrogen and oxygen atoms in total. The highest BCUT2D eigenvalue weighted by atomic mass is 79.9. The first kappa shape index (κ1) is 19.0. The molecule has 3 aromatic rings. The van der Waals surface area contributed by atoms with Gasteiger partial charge in [0.1, 0.15) is 5.82 Å². The van der Waals surface area contributed by atoms with Gasteiger partial charge in [0.05, 0.1) is 10.0 Å². The molecule has 0 fully saturated rings. The van der Waals surface area contributed by atoms with Crippen molar-refractivity contribution in [3.63, 3.8) is 0 Å². The molecule has 3 heterocycles. The van der Waals surface area contributed by atoms with Crippen LogP contribution >= 0.6 is 23.2 Å². The minimum Gasteiger partial charge on any atom is -1.00 e. The number of Topliss-reactive ketones (excluding diaryl/α,β-unsaturated/α-hetero) is 1. The summed E-state index contributed by atoms with van der Waals surface area (Å²) in [5.41, 5.74) is 1.54. The third-order valence-corrected chi connectivity index (χ3v) is 5.07. The number of benzene rings is 1. The number of pyridine rings is 1. The van der Waals surface area contributed by atoms with E-state index in [4.69, 9.17) is 23.2 Å². The summed E-state index contributed by atoms with van der Waals surface area (Å²) in [6, 6.07) is 8.83. The van der Waals surface area contributed by atoms with E-state index in [1.165, 1.54) is 0 Å². The molecule has 0 spiro atoms. The average molecular weight is 454 g/mol. The molecule has 0 saturated heterocycles. The number of aromatic nitrogens is 4. The Labute approximate surface area is 171 Å². The Morgan fingerprint density at radius 1 is 1.12 bits per heavy atom. The maximum absolute atomic E-state index is 12.4. The molecular weight excluding hydrogens is 439 g/mol. The summed E-state index contributed by atoms with van der Waals surface area (Å²) in [5.74, 6) is 1.90. The van der Waals surface area contributed by atoms with Crippen molar-refractivity contribution in [3.8, 4) is 11.4 Å². The van der Waals surface area contributed by atoms with Crippen LogP contribution in [-0.4, -0.2) is 20.5 Å². The normalized spacial score (nSPS) is 12.5. The number of halogens is 3. The molecule has 1 aliphatic heterocycles. The van der Waals surface area contributed by atoms with Crippen LogP contribution in [0.1, 0.15) is 22.6 Å². The standard InChI is InChI=1S/C18H15Cl2N4O.BrH/c19-14-4-3-13(10-15(14)20)16(25)11-23-8-5-12(6-9-23)18-22-21-17-2-1-7-24(17)18;/h3-6,8-10H,1-2,7,11H2;1H/q+1;/p-1. The van der Waals surface area contributed by atoms with Crippen molar-refractivity contribution in [2.45, 2.75) is 25.9 Å². The van der Waals surface area contributed by atoms with Gasteiger partial charge in [-0.05, 0) is 24.6 Å². The molecule has 8 heteroatoms. The molecule has 0 aliphatic carbocycles. The Kier molecular flexibility index (Phi) is 5.75. The van der Waals surface area contributed by atoms with Crippen molar-refractivity contribution in [3.05, 3.63) is 64.2 Å². The number of carbonyl (C=O) groups is 1. The van der Waals surface area contributed by atoms with Crippen LogP contribution in [0.15, 0.2) is 42.7 Å². The Bertz CT molecular complexity index is 956. The molecule has 2 aromatic heterocycles. The fourth-order valence-corrected chi connectivity index (χ4v) is 3.30. The highest BCUT2D eigenvalue weighted by Gasteiger charge is 2.19. The second-order valence-corrected chi connectivity index (χ2v) is 6.82. The Morgan fingerprint density at radius 3 is 2.62 bits per heavy atom. The maximum atomic E-state index is 12.4. The van der Waals surface area contributed by atoms with Crippen LogP contribution in [0.3, 0.4) is 0 Å².